The maximum absolute atomic E-state index is 3.96. The molecule has 17 heavy (non-hydrogen) atoms. The summed E-state index contributed by atoms with van der Waals surface area (Å²) in [6.45, 7) is 10.3. The molecule has 0 aliphatic heterocycles. The average molecular weight is 222 g/mol. The molecule has 0 spiro atoms. The third-order valence-corrected chi connectivity index (χ3v) is 2.93. The normalized spacial score (nSPS) is 10.3. The molecule has 0 aromatic heterocycles. The molecule has 0 amide bonds. The van der Waals surface area contributed by atoms with Crippen LogP contribution in [0.4, 0.5) is 0 Å². The lowest BCUT2D eigenvalue weighted by Gasteiger charge is -2.06. The van der Waals surface area contributed by atoms with Crippen molar-refractivity contribution in [3.8, 4) is 11.1 Å². The maximum atomic E-state index is 3.96. The van der Waals surface area contributed by atoms with Gasteiger partial charge in [0.1, 0.15) is 0 Å². The fraction of sp³-hybridized carbons (Fsp3) is 0.176. The molecule has 0 atom stereocenters. The number of aryl methyl sites for hydroxylation is 2. The first kappa shape index (κ1) is 11.7. The molecule has 0 bridgehead atoms. The molecule has 0 aliphatic carbocycles. The standard InChI is InChI=1S/C17H18/c1-12(2)15-5-7-16(8-6-15)17-10-13(3)9-14(4)11-17/h5-11H,1H2,2-4H3. The molecule has 0 N–H and O–H groups in total. The van der Waals surface area contributed by atoms with Crippen LogP contribution in [0.3, 0.4) is 0 Å². The molecule has 0 heterocycles. The van der Waals surface area contributed by atoms with Crippen LogP contribution in [0.25, 0.3) is 16.7 Å². The van der Waals surface area contributed by atoms with Gasteiger partial charge in [-0.05, 0) is 37.5 Å². The monoisotopic (exact) mass is 222 g/mol. The van der Waals surface area contributed by atoms with Crippen LogP contribution in [0.15, 0.2) is 49.0 Å². The molecule has 2 aromatic rings. The number of allylic oxidation sites excluding steroid dienone is 1. The average Bonchev–Trinajstić information content (AvgIpc) is 2.28. The molecular weight excluding hydrogens is 204 g/mol. The first-order valence-corrected chi connectivity index (χ1v) is 5.91. The molecule has 0 saturated heterocycles. The Kier molecular flexibility index (Phi) is 3.14. The predicted octanol–water partition coefficient (Wildman–Crippen LogP) is 5.00. The molecule has 0 saturated carbocycles. The van der Waals surface area contributed by atoms with Crippen LogP contribution in [0, 0.1) is 13.8 Å². The summed E-state index contributed by atoms with van der Waals surface area (Å²) in [5, 5.41) is 0. The van der Waals surface area contributed by atoms with Crippen molar-refractivity contribution in [2.75, 3.05) is 0 Å². The topological polar surface area (TPSA) is 0 Å². The summed E-state index contributed by atoms with van der Waals surface area (Å²) in [6.07, 6.45) is 0. The van der Waals surface area contributed by atoms with Gasteiger partial charge >= 0.3 is 0 Å². The van der Waals surface area contributed by atoms with E-state index in [1.54, 1.807) is 0 Å². The van der Waals surface area contributed by atoms with E-state index in [-0.39, 0.29) is 0 Å². The van der Waals surface area contributed by atoms with E-state index in [9.17, 15) is 0 Å². The number of hydrogen-bond acceptors (Lipinski definition) is 0. The molecule has 86 valence electrons. The lowest BCUT2D eigenvalue weighted by Crippen LogP contribution is -1.84. The minimum atomic E-state index is 1.11. The molecule has 0 heteroatoms. The van der Waals surface area contributed by atoms with Gasteiger partial charge in [-0.15, -0.1) is 0 Å². The largest absolute Gasteiger partial charge is 0.0955 e. The van der Waals surface area contributed by atoms with E-state index < -0.39 is 0 Å². The maximum Gasteiger partial charge on any atom is -0.0179 e. The second kappa shape index (κ2) is 4.58. The summed E-state index contributed by atoms with van der Waals surface area (Å²) in [4.78, 5) is 0. The van der Waals surface area contributed by atoms with Crippen molar-refractivity contribution in [2.45, 2.75) is 20.8 Å². The van der Waals surface area contributed by atoms with Crippen molar-refractivity contribution >= 4 is 5.57 Å². The highest BCUT2D eigenvalue weighted by molar-refractivity contribution is 5.69. The Hall–Kier alpha value is -1.82. The zero-order valence-corrected chi connectivity index (χ0v) is 10.7. The first-order chi connectivity index (χ1) is 8.06. The van der Waals surface area contributed by atoms with Gasteiger partial charge in [0.2, 0.25) is 0 Å². The minimum Gasteiger partial charge on any atom is -0.0955 e. The van der Waals surface area contributed by atoms with E-state index in [2.05, 4.69) is 62.9 Å². The Balaban J connectivity index is 2.43. The van der Waals surface area contributed by atoms with Crippen LogP contribution in [-0.4, -0.2) is 0 Å². The lowest BCUT2D eigenvalue weighted by molar-refractivity contribution is 1.38. The lowest BCUT2D eigenvalue weighted by atomic mass is 9.99. The number of hydrogen-bond donors (Lipinski definition) is 0. The second-order valence-corrected chi connectivity index (χ2v) is 4.73. The van der Waals surface area contributed by atoms with Crippen LogP contribution in [0.2, 0.25) is 0 Å². The minimum absolute atomic E-state index is 1.11. The molecule has 0 nitrogen and oxygen atoms in total. The van der Waals surface area contributed by atoms with Gasteiger partial charge < -0.3 is 0 Å². The van der Waals surface area contributed by atoms with Crippen LogP contribution in [-0.2, 0) is 0 Å². The molecule has 2 aromatic carbocycles. The van der Waals surface area contributed by atoms with Gasteiger partial charge in [-0.3, -0.25) is 0 Å². The summed E-state index contributed by atoms with van der Waals surface area (Å²) in [5.74, 6) is 0. The van der Waals surface area contributed by atoms with Gasteiger partial charge in [0, 0.05) is 0 Å². The third kappa shape index (κ3) is 2.65. The van der Waals surface area contributed by atoms with Crippen molar-refractivity contribution in [3.63, 3.8) is 0 Å². The highest BCUT2D eigenvalue weighted by Gasteiger charge is 2.00. The van der Waals surface area contributed by atoms with Crippen molar-refractivity contribution in [2.24, 2.45) is 0 Å². The van der Waals surface area contributed by atoms with E-state index in [4.69, 9.17) is 0 Å². The number of rotatable bonds is 2. The summed E-state index contributed by atoms with van der Waals surface area (Å²) < 4.78 is 0. The Morgan fingerprint density at radius 3 is 1.82 bits per heavy atom. The molecule has 0 radical (unpaired) electrons. The van der Waals surface area contributed by atoms with Crippen LogP contribution in [0.5, 0.6) is 0 Å². The van der Waals surface area contributed by atoms with Gasteiger partial charge in [-0.2, -0.15) is 0 Å². The van der Waals surface area contributed by atoms with Crippen LogP contribution in [0.1, 0.15) is 23.6 Å². The zero-order chi connectivity index (χ0) is 12.4. The van der Waals surface area contributed by atoms with Crippen molar-refractivity contribution in [3.05, 3.63) is 65.7 Å². The highest BCUT2D eigenvalue weighted by Crippen LogP contribution is 2.24. The van der Waals surface area contributed by atoms with Gasteiger partial charge in [0.15, 0.2) is 0 Å². The fourth-order valence-corrected chi connectivity index (χ4v) is 2.09. The smallest absolute Gasteiger partial charge is 0.0179 e. The molecular formula is C17H18. The fourth-order valence-electron chi connectivity index (χ4n) is 2.09. The van der Waals surface area contributed by atoms with Crippen LogP contribution < -0.4 is 0 Å². The van der Waals surface area contributed by atoms with Gasteiger partial charge in [0.25, 0.3) is 0 Å². The molecule has 0 aliphatic rings. The van der Waals surface area contributed by atoms with E-state index in [0.717, 1.165) is 5.57 Å². The third-order valence-electron chi connectivity index (χ3n) is 2.93. The summed E-state index contributed by atoms with van der Waals surface area (Å²) in [5.41, 5.74) is 7.49. The predicted molar refractivity (Wildman–Crippen MR) is 76.1 cm³/mol. The zero-order valence-electron chi connectivity index (χ0n) is 10.7. The van der Waals surface area contributed by atoms with Crippen LogP contribution >= 0.6 is 0 Å². The van der Waals surface area contributed by atoms with E-state index in [1.807, 2.05) is 6.92 Å². The summed E-state index contributed by atoms with van der Waals surface area (Å²) in [7, 11) is 0. The SMILES string of the molecule is C=C(C)c1ccc(-c2cc(C)cc(C)c2)cc1. The van der Waals surface area contributed by atoms with Gasteiger partial charge in [-0.25, -0.2) is 0 Å². The Morgan fingerprint density at radius 1 is 0.824 bits per heavy atom. The van der Waals surface area contributed by atoms with Crippen molar-refractivity contribution in [1.29, 1.82) is 0 Å². The Morgan fingerprint density at radius 2 is 1.35 bits per heavy atom. The molecule has 0 fully saturated rings. The van der Waals surface area contributed by atoms with E-state index in [1.165, 1.54) is 27.8 Å². The van der Waals surface area contributed by atoms with E-state index >= 15 is 0 Å². The Bertz CT molecular complexity index is 525. The summed E-state index contributed by atoms with van der Waals surface area (Å²) >= 11 is 0. The highest BCUT2D eigenvalue weighted by atomic mass is 14.0. The van der Waals surface area contributed by atoms with Crippen molar-refractivity contribution in [1.82, 2.24) is 0 Å². The van der Waals surface area contributed by atoms with Crippen molar-refractivity contribution < 1.29 is 0 Å². The number of benzene rings is 2. The van der Waals surface area contributed by atoms with Gasteiger partial charge in [-0.1, -0.05) is 65.7 Å². The Labute approximate surface area is 104 Å². The first-order valence-electron chi connectivity index (χ1n) is 5.91. The van der Waals surface area contributed by atoms with E-state index in [0.29, 0.717) is 0 Å². The van der Waals surface area contributed by atoms with Gasteiger partial charge in [0.05, 0.1) is 0 Å². The summed E-state index contributed by atoms with van der Waals surface area (Å²) in [6, 6.07) is 15.2. The molecule has 2 rings (SSSR count). The quantitative estimate of drug-likeness (QED) is 0.670. The second-order valence-electron chi connectivity index (χ2n) is 4.73. The molecule has 0 unspecified atom stereocenters.